The molecule has 0 atom stereocenters. The Balaban J connectivity index is 2.14. The smallest absolute Gasteiger partial charge is 0.0106 e. The van der Waals surface area contributed by atoms with Gasteiger partial charge in [0.2, 0.25) is 0 Å². The summed E-state index contributed by atoms with van der Waals surface area (Å²) in [7, 11) is 2.04. The van der Waals surface area contributed by atoms with Crippen molar-refractivity contribution in [2.75, 3.05) is 0 Å². The third-order valence-electron chi connectivity index (χ3n) is 1.96. The molecule has 0 radical (unpaired) electrons. The highest BCUT2D eigenvalue weighted by Crippen LogP contribution is 2.07. The van der Waals surface area contributed by atoms with Gasteiger partial charge in [-0.3, -0.25) is 0 Å². The number of aryl methyl sites for hydroxylation is 1. The second-order valence-electron chi connectivity index (χ2n) is 3.08. The second kappa shape index (κ2) is 2.89. The summed E-state index contributed by atoms with van der Waals surface area (Å²) in [5.74, 6) is 0. The summed E-state index contributed by atoms with van der Waals surface area (Å²) >= 11 is 0. The number of aromatic amines is 1. The van der Waals surface area contributed by atoms with E-state index in [1.165, 1.54) is 11.1 Å². The van der Waals surface area contributed by atoms with Gasteiger partial charge in [0.25, 0.3) is 0 Å². The van der Waals surface area contributed by atoms with E-state index in [4.69, 9.17) is 0 Å². The fourth-order valence-corrected chi connectivity index (χ4v) is 1.37. The van der Waals surface area contributed by atoms with Crippen molar-refractivity contribution in [3.05, 3.63) is 48.0 Å². The lowest BCUT2D eigenvalue weighted by molar-refractivity contribution is 0.921. The van der Waals surface area contributed by atoms with Crippen LogP contribution < -0.4 is 0 Å². The Morgan fingerprint density at radius 2 is 2.25 bits per heavy atom. The molecule has 0 aliphatic rings. The van der Waals surface area contributed by atoms with Crippen LogP contribution in [0.25, 0.3) is 0 Å². The first-order chi connectivity index (χ1) is 5.84. The Hall–Kier alpha value is -1.44. The van der Waals surface area contributed by atoms with Gasteiger partial charge in [0, 0.05) is 38.3 Å². The van der Waals surface area contributed by atoms with Gasteiger partial charge in [0.1, 0.15) is 0 Å². The largest absolute Gasteiger partial charge is 0.367 e. The first kappa shape index (κ1) is 7.22. The molecule has 1 N–H and O–H groups in total. The molecule has 0 aliphatic carbocycles. The lowest BCUT2D eigenvalue weighted by Gasteiger charge is -1.92. The minimum Gasteiger partial charge on any atom is -0.367 e. The number of aromatic nitrogens is 2. The lowest BCUT2D eigenvalue weighted by Crippen LogP contribution is -1.83. The van der Waals surface area contributed by atoms with Crippen molar-refractivity contribution in [3.8, 4) is 0 Å². The van der Waals surface area contributed by atoms with Crippen LogP contribution in [0.15, 0.2) is 36.9 Å². The summed E-state index contributed by atoms with van der Waals surface area (Å²) in [4.78, 5) is 3.05. The molecular weight excluding hydrogens is 148 g/mol. The molecule has 0 bridgehead atoms. The van der Waals surface area contributed by atoms with Crippen molar-refractivity contribution in [1.82, 2.24) is 9.55 Å². The van der Waals surface area contributed by atoms with Gasteiger partial charge >= 0.3 is 0 Å². The van der Waals surface area contributed by atoms with Crippen LogP contribution in [-0.4, -0.2) is 9.55 Å². The molecule has 2 rings (SSSR count). The molecule has 0 unspecified atom stereocenters. The van der Waals surface area contributed by atoms with Crippen LogP contribution in [0.3, 0.4) is 0 Å². The Morgan fingerprint density at radius 3 is 2.83 bits per heavy atom. The van der Waals surface area contributed by atoms with Crippen LogP contribution in [0.2, 0.25) is 0 Å². The van der Waals surface area contributed by atoms with Gasteiger partial charge in [-0.1, -0.05) is 0 Å². The zero-order valence-corrected chi connectivity index (χ0v) is 7.12. The normalized spacial score (nSPS) is 10.4. The Bertz CT molecular complexity index is 344. The van der Waals surface area contributed by atoms with Crippen molar-refractivity contribution in [2.45, 2.75) is 6.42 Å². The van der Waals surface area contributed by atoms with E-state index in [0.717, 1.165) is 6.42 Å². The SMILES string of the molecule is Cn1ccc(Cc2cc[nH]c2)c1. The minimum absolute atomic E-state index is 1.02. The second-order valence-corrected chi connectivity index (χ2v) is 3.08. The van der Waals surface area contributed by atoms with Gasteiger partial charge < -0.3 is 9.55 Å². The van der Waals surface area contributed by atoms with E-state index in [1.807, 2.05) is 19.4 Å². The molecular formula is C10H12N2. The molecule has 2 heteroatoms. The summed E-state index contributed by atoms with van der Waals surface area (Å²) in [6.07, 6.45) is 9.23. The van der Waals surface area contributed by atoms with E-state index in [9.17, 15) is 0 Å². The van der Waals surface area contributed by atoms with Crippen molar-refractivity contribution in [2.24, 2.45) is 7.05 Å². The maximum Gasteiger partial charge on any atom is 0.0106 e. The predicted octanol–water partition coefficient (Wildman–Crippen LogP) is 1.94. The van der Waals surface area contributed by atoms with E-state index < -0.39 is 0 Å². The third-order valence-corrected chi connectivity index (χ3v) is 1.96. The highest BCUT2D eigenvalue weighted by Gasteiger charge is 1.96. The molecule has 12 heavy (non-hydrogen) atoms. The average Bonchev–Trinajstić information content (AvgIpc) is 2.63. The van der Waals surface area contributed by atoms with Crippen molar-refractivity contribution < 1.29 is 0 Å². The number of rotatable bonds is 2. The van der Waals surface area contributed by atoms with Crippen LogP contribution in [0.4, 0.5) is 0 Å². The fourth-order valence-electron chi connectivity index (χ4n) is 1.37. The number of hydrogen-bond donors (Lipinski definition) is 1. The number of hydrogen-bond acceptors (Lipinski definition) is 0. The Labute approximate surface area is 71.8 Å². The number of nitrogens with zero attached hydrogens (tertiary/aromatic N) is 1. The number of H-pyrrole nitrogens is 1. The lowest BCUT2D eigenvalue weighted by atomic mass is 10.1. The first-order valence-electron chi connectivity index (χ1n) is 4.07. The van der Waals surface area contributed by atoms with E-state index in [2.05, 4.69) is 34.1 Å². The van der Waals surface area contributed by atoms with Crippen molar-refractivity contribution in [3.63, 3.8) is 0 Å². The highest BCUT2D eigenvalue weighted by atomic mass is 14.9. The molecule has 0 aromatic carbocycles. The van der Waals surface area contributed by atoms with E-state index in [-0.39, 0.29) is 0 Å². The third kappa shape index (κ3) is 1.42. The van der Waals surface area contributed by atoms with Gasteiger partial charge in [-0.25, -0.2) is 0 Å². The maximum atomic E-state index is 3.05. The predicted molar refractivity (Wildman–Crippen MR) is 49.0 cm³/mol. The zero-order valence-electron chi connectivity index (χ0n) is 7.12. The quantitative estimate of drug-likeness (QED) is 0.693. The van der Waals surface area contributed by atoms with Crippen LogP contribution in [-0.2, 0) is 13.5 Å². The molecule has 0 saturated heterocycles. The summed E-state index contributed by atoms with van der Waals surface area (Å²) in [6, 6.07) is 4.25. The summed E-state index contributed by atoms with van der Waals surface area (Å²) < 4.78 is 2.07. The average molecular weight is 160 g/mol. The molecule has 0 fully saturated rings. The molecule has 0 spiro atoms. The molecule has 2 aromatic heterocycles. The molecule has 2 nitrogen and oxygen atoms in total. The molecule has 0 aliphatic heterocycles. The fraction of sp³-hybridized carbons (Fsp3) is 0.200. The van der Waals surface area contributed by atoms with Crippen LogP contribution >= 0.6 is 0 Å². The van der Waals surface area contributed by atoms with E-state index in [0.29, 0.717) is 0 Å². The minimum atomic E-state index is 1.02. The van der Waals surface area contributed by atoms with Gasteiger partial charge in [0.05, 0.1) is 0 Å². The van der Waals surface area contributed by atoms with Crippen LogP contribution in [0, 0.1) is 0 Å². The Morgan fingerprint density at radius 1 is 1.33 bits per heavy atom. The van der Waals surface area contributed by atoms with Gasteiger partial charge in [-0.2, -0.15) is 0 Å². The summed E-state index contributed by atoms with van der Waals surface area (Å²) in [5.41, 5.74) is 2.69. The van der Waals surface area contributed by atoms with Crippen LogP contribution in [0.5, 0.6) is 0 Å². The monoisotopic (exact) mass is 160 g/mol. The van der Waals surface area contributed by atoms with Crippen molar-refractivity contribution in [1.29, 1.82) is 0 Å². The highest BCUT2D eigenvalue weighted by molar-refractivity contribution is 5.21. The summed E-state index contributed by atoms with van der Waals surface area (Å²) in [5, 5.41) is 0. The van der Waals surface area contributed by atoms with Gasteiger partial charge in [-0.15, -0.1) is 0 Å². The van der Waals surface area contributed by atoms with Gasteiger partial charge in [0.15, 0.2) is 0 Å². The molecule has 0 amide bonds. The van der Waals surface area contributed by atoms with E-state index in [1.54, 1.807) is 0 Å². The standard InChI is InChI=1S/C10H12N2/c1-12-5-3-10(8-12)6-9-2-4-11-7-9/h2-5,7-8,11H,6H2,1H3. The zero-order chi connectivity index (χ0) is 8.39. The van der Waals surface area contributed by atoms with E-state index >= 15 is 0 Å². The molecule has 2 aromatic rings. The van der Waals surface area contributed by atoms with Crippen molar-refractivity contribution >= 4 is 0 Å². The number of nitrogens with one attached hydrogen (secondary N) is 1. The molecule has 62 valence electrons. The summed E-state index contributed by atoms with van der Waals surface area (Å²) in [6.45, 7) is 0. The van der Waals surface area contributed by atoms with Gasteiger partial charge in [-0.05, 0) is 23.3 Å². The molecule has 0 saturated carbocycles. The maximum absolute atomic E-state index is 3.05. The van der Waals surface area contributed by atoms with Crippen LogP contribution in [0.1, 0.15) is 11.1 Å². The molecule has 2 heterocycles. The topological polar surface area (TPSA) is 20.7 Å². The Kier molecular flexibility index (Phi) is 1.74. The first-order valence-corrected chi connectivity index (χ1v) is 4.07.